The minimum atomic E-state index is -0.368. The molecule has 0 saturated heterocycles. The van der Waals surface area contributed by atoms with Crippen LogP contribution in [0.2, 0.25) is 5.02 Å². The van der Waals surface area contributed by atoms with Gasteiger partial charge in [0.25, 0.3) is 5.91 Å². The normalized spacial score (nSPS) is 11.8. The zero-order chi connectivity index (χ0) is 18.2. The molecule has 0 bridgehead atoms. The molecule has 25 heavy (non-hydrogen) atoms. The van der Waals surface area contributed by atoms with E-state index in [1.165, 1.54) is 0 Å². The van der Waals surface area contributed by atoms with Gasteiger partial charge in [-0.25, -0.2) is 0 Å². The molecule has 0 radical (unpaired) electrons. The second-order valence-corrected chi connectivity index (χ2v) is 6.26. The fourth-order valence-corrected chi connectivity index (χ4v) is 2.67. The molecule has 132 valence electrons. The molecular formula is C19H22ClN3O2. The molecule has 0 saturated carbocycles. The molecule has 0 aliphatic rings. The molecule has 0 fully saturated rings. The van der Waals surface area contributed by atoms with E-state index in [4.69, 9.17) is 11.6 Å². The van der Waals surface area contributed by atoms with Crippen molar-refractivity contribution < 1.29 is 9.59 Å². The lowest BCUT2D eigenvalue weighted by atomic mass is 10.1. The Bertz CT molecular complexity index is 720. The molecule has 5 nitrogen and oxygen atoms in total. The highest BCUT2D eigenvalue weighted by Gasteiger charge is 2.16. The van der Waals surface area contributed by atoms with E-state index in [9.17, 15) is 9.59 Å². The lowest BCUT2D eigenvalue weighted by molar-refractivity contribution is -0.120. The summed E-state index contributed by atoms with van der Waals surface area (Å²) in [6, 6.07) is 16.7. The highest BCUT2D eigenvalue weighted by atomic mass is 35.5. The molecule has 2 N–H and O–H groups in total. The molecule has 6 heteroatoms. The first kappa shape index (κ1) is 19.0. The predicted octanol–water partition coefficient (Wildman–Crippen LogP) is 2.49. The minimum Gasteiger partial charge on any atom is -0.353 e. The Labute approximate surface area is 153 Å². The van der Waals surface area contributed by atoms with Gasteiger partial charge in [0.2, 0.25) is 5.91 Å². The number of amides is 2. The van der Waals surface area contributed by atoms with Gasteiger partial charge in [-0.3, -0.25) is 9.59 Å². The summed E-state index contributed by atoms with van der Waals surface area (Å²) in [5.74, 6) is -0.615. The molecule has 2 amide bonds. The van der Waals surface area contributed by atoms with Gasteiger partial charge in [-0.1, -0.05) is 54.1 Å². The Hall–Kier alpha value is -2.37. The predicted molar refractivity (Wildman–Crippen MR) is 99.7 cm³/mol. The van der Waals surface area contributed by atoms with Crippen LogP contribution < -0.4 is 10.6 Å². The number of nitrogens with one attached hydrogen (secondary N) is 2. The molecule has 0 aliphatic carbocycles. The van der Waals surface area contributed by atoms with Crippen molar-refractivity contribution in [1.29, 1.82) is 0 Å². The number of rotatable bonds is 7. The molecule has 0 heterocycles. The molecule has 0 spiro atoms. The van der Waals surface area contributed by atoms with Gasteiger partial charge in [-0.15, -0.1) is 0 Å². The smallest absolute Gasteiger partial charge is 0.253 e. The van der Waals surface area contributed by atoms with Crippen LogP contribution in [-0.4, -0.2) is 43.9 Å². The Morgan fingerprint density at radius 2 is 1.64 bits per heavy atom. The van der Waals surface area contributed by atoms with Crippen LogP contribution in [0.4, 0.5) is 0 Å². The van der Waals surface area contributed by atoms with E-state index in [0.29, 0.717) is 17.1 Å². The third-order valence-electron chi connectivity index (χ3n) is 3.83. The molecule has 1 atom stereocenters. The maximum Gasteiger partial charge on any atom is 0.253 e. The first-order valence-electron chi connectivity index (χ1n) is 8.00. The van der Waals surface area contributed by atoms with Gasteiger partial charge in [0, 0.05) is 6.54 Å². The minimum absolute atomic E-state index is 0.0596. The van der Waals surface area contributed by atoms with E-state index in [2.05, 4.69) is 10.6 Å². The zero-order valence-corrected chi connectivity index (χ0v) is 15.1. The van der Waals surface area contributed by atoms with Crippen LogP contribution in [0.1, 0.15) is 22.0 Å². The van der Waals surface area contributed by atoms with Crippen molar-refractivity contribution >= 4 is 23.4 Å². The summed E-state index contributed by atoms with van der Waals surface area (Å²) in [5, 5.41) is 5.80. The van der Waals surface area contributed by atoms with Crippen LogP contribution in [-0.2, 0) is 4.79 Å². The Kier molecular flexibility index (Phi) is 6.98. The van der Waals surface area contributed by atoms with E-state index in [-0.39, 0.29) is 24.4 Å². The van der Waals surface area contributed by atoms with Gasteiger partial charge >= 0.3 is 0 Å². The topological polar surface area (TPSA) is 61.4 Å². The summed E-state index contributed by atoms with van der Waals surface area (Å²) in [6.07, 6.45) is 0. The number of likely N-dealkylation sites (N-methyl/N-ethyl adjacent to an activating group) is 1. The van der Waals surface area contributed by atoms with E-state index < -0.39 is 0 Å². The number of nitrogens with zero attached hydrogens (tertiary/aromatic N) is 1. The third-order valence-corrected chi connectivity index (χ3v) is 4.16. The summed E-state index contributed by atoms with van der Waals surface area (Å²) < 4.78 is 0. The molecule has 0 aliphatic heterocycles. The van der Waals surface area contributed by atoms with Crippen molar-refractivity contribution in [2.24, 2.45) is 0 Å². The van der Waals surface area contributed by atoms with Gasteiger partial charge in [0.1, 0.15) is 0 Å². The fourth-order valence-electron chi connectivity index (χ4n) is 2.45. The first-order chi connectivity index (χ1) is 12.0. The summed E-state index contributed by atoms with van der Waals surface area (Å²) >= 11 is 5.97. The summed E-state index contributed by atoms with van der Waals surface area (Å²) in [4.78, 5) is 26.1. The standard InChI is InChI=1S/C19H22ClN3O2/c1-23(2)17(14-8-4-3-5-9-14)12-21-18(24)13-22-19(25)15-10-6-7-11-16(15)20/h3-11,17H,12-13H2,1-2H3,(H,21,24)(H,22,25). The number of hydrogen-bond acceptors (Lipinski definition) is 3. The van der Waals surface area contributed by atoms with Crippen LogP contribution in [0, 0.1) is 0 Å². The molecule has 0 aromatic heterocycles. The van der Waals surface area contributed by atoms with Crippen molar-refractivity contribution in [3.63, 3.8) is 0 Å². The highest BCUT2D eigenvalue weighted by Crippen LogP contribution is 2.16. The molecule has 2 aromatic carbocycles. The summed E-state index contributed by atoms with van der Waals surface area (Å²) in [5.41, 5.74) is 1.47. The summed E-state index contributed by atoms with van der Waals surface area (Å²) in [7, 11) is 3.92. The maximum atomic E-state index is 12.1. The van der Waals surface area contributed by atoms with E-state index in [1.54, 1.807) is 24.3 Å². The van der Waals surface area contributed by atoms with Gasteiger partial charge in [-0.2, -0.15) is 0 Å². The van der Waals surface area contributed by atoms with Crippen molar-refractivity contribution in [2.45, 2.75) is 6.04 Å². The number of halogens is 1. The second kappa shape index (κ2) is 9.20. The fraction of sp³-hybridized carbons (Fsp3) is 0.263. The zero-order valence-electron chi connectivity index (χ0n) is 14.3. The number of benzene rings is 2. The number of carbonyl (C=O) groups excluding carboxylic acids is 2. The first-order valence-corrected chi connectivity index (χ1v) is 8.37. The van der Waals surface area contributed by atoms with Crippen LogP contribution in [0.15, 0.2) is 54.6 Å². The van der Waals surface area contributed by atoms with Crippen LogP contribution in [0.5, 0.6) is 0 Å². The van der Waals surface area contributed by atoms with E-state index in [0.717, 1.165) is 5.56 Å². The van der Waals surface area contributed by atoms with Gasteiger partial charge in [0.15, 0.2) is 0 Å². The maximum absolute atomic E-state index is 12.1. The lowest BCUT2D eigenvalue weighted by Crippen LogP contribution is -2.40. The lowest BCUT2D eigenvalue weighted by Gasteiger charge is -2.25. The Morgan fingerprint density at radius 1 is 1.00 bits per heavy atom. The van der Waals surface area contributed by atoms with Crippen molar-refractivity contribution in [1.82, 2.24) is 15.5 Å². The number of hydrogen-bond donors (Lipinski definition) is 2. The molecular weight excluding hydrogens is 338 g/mol. The quantitative estimate of drug-likeness (QED) is 0.798. The second-order valence-electron chi connectivity index (χ2n) is 5.86. The summed E-state index contributed by atoms with van der Waals surface area (Å²) in [6.45, 7) is 0.358. The average Bonchev–Trinajstić information content (AvgIpc) is 2.61. The van der Waals surface area contributed by atoms with Gasteiger partial charge < -0.3 is 15.5 Å². The van der Waals surface area contributed by atoms with Crippen LogP contribution in [0.3, 0.4) is 0 Å². The monoisotopic (exact) mass is 359 g/mol. The van der Waals surface area contributed by atoms with Crippen molar-refractivity contribution in [2.75, 3.05) is 27.2 Å². The third kappa shape index (κ3) is 5.59. The average molecular weight is 360 g/mol. The SMILES string of the molecule is CN(C)C(CNC(=O)CNC(=O)c1ccccc1Cl)c1ccccc1. The Balaban J connectivity index is 1.85. The van der Waals surface area contributed by atoms with Crippen LogP contribution >= 0.6 is 11.6 Å². The van der Waals surface area contributed by atoms with Gasteiger partial charge in [-0.05, 0) is 31.8 Å². The molecule has 2 rings (SSSR count). The highest BCUT2D eigenvalue weighted by molar-refractivity contribution is 6.33. The van der Waals surface area contributed by atoms with Crippen molar-refractivity contribution in [3.8, 4) is 0 Å². The molecule has 2 aromatic rings. The van der Waals surface area contributed by atoms with Crippen molar-refractivity contribution in [3.05, 3.63) is 70.7 Å². The molecule has 1 unspecified atom stereocenters. The largest absolute Gasteiger partial charge is 0.353 e. The van der Waals surface area contributed by atoms with Crippen LogP contribution in [0.25, 0.3) is 0 Å². The Morgan fingerprint density at radius 3 is 2.28 bits per heavy atom. The van der Waals surface area contributed by atoms with E-state index >= 15 is 0 Å². The van der Waals surface area contributed by atoms with Gasteiger partial charge in [0.05, 0.1) is 23.2 Å². The van der Waals surface area contributed by atoms with E-state index in [1.807, 2.05) is 49.3 Å². The number of carbonyl (C=O) groups is 2.